The molecule has 0 amide bonds. The van der Waals surface area contributed by atoms with Crippen LogP contribution in [0.25, 0.3) is 11.3 Å². The lowest BCUT2D eigenvalue weighted by atomic mass is 10.1. The van der Waals surface area contributed by atoms with Gasteiger partial charge in [-0.15, -0.1) is 11.3 Å². The molecule has 8 heteroatoms. The molecular formula is C19H21N3O3S2. The second-order valence-electron chi connectivity index (χ2n) is 5.84. The number of aromatic nitrogens is 1. The monoisotopic (exact) mass is 403 g/mol. The first-order chi connectivity index (χ1) is 12.9. The van der Waals surface area contributed by atoms with E-state index >= 15 is 0 Å². The van der Waals surface area contributed by atoms with Crippen molar-refractivity contribution in [3.05, 3.63) is 53.9 Å². The van der Waals surface area contributed by atoms with Crippen molar-refractivity contribution >= 4 is 37.9 Å². The first kappa shape index (κ1) is 19.2. The van der Waals surface area contributed by atoms with Gasteiger partial charge in [0, 0.05) is 17.5 Å². The van der Waals surface area contributed by atoms with Gasteiger partial charge < -0.3 is 10.1 Å². The average Bonchev–Trinajstić information content (AvgIpc) is 3.11. The maximum Gasteiger partial charge on any atom is 0.232 e. The van der Waals surface area contributed by atoms with Crippen molar-refractivity contribution in [1.29, 1.82) is 0 Å². The number of para-hydroxylation sites is 2. The standard InChI is InChI=1S/C19H21N3O3S2/c1-4-22(27(3,23)24)15-11-9-14(10-12-15)17-13-26-19(21-17)20-16-7-5-6-8-18(16)25-2/h5-13H,4H2,1-3H3,(H,20,21). The highest BCUT2D eigenvalue weighted by Crippen LogP contribution is 2.32. The van der Waals surface area contributed by atoms with Gasteiger partial charge in [-0.1, -0.05) is 24.3 Å². The summed E-state index contributed by atoms with van der Waals surface area (Å²) in [6.45, 7) is 2.20. The van der Waals surface area contributed by atoms with Crippen molar-refractivity contribution < 1.29 is 13.2 Å². The molecule has 1 N–H and O–H groups in total. The van der Waals surface area contributed by atoms with Crippen molar-refractivity contribution in [3.63, 3.8) is 0 Å². The Balaban J connectivity index is 1.80. The van der Waals surface area contributed by atoms with Crippen LogP contribution in [0.3, 0.4) is 0 Å². The predicted molar refractivity (Wildman–Crippen MR) is 112 cm³/mol. The second-order valence-corrected chi connectivity index (χ2v) is 8.60. The molecule has 0 saturated carbocycles. The first-order valence-electron chi connectivity index (χ1n) is 8.36. The molecule has 0 bridgehead atoms. The molecule has 0 spiro atoms. The summed E-state index contributed by atoms with van der Waals surface area (Å²) in [5.41, 5.74) is 3.24. The predicted octanol–water partition coefficient (Wildman–Crippen LogP) is 4.35. The lowest BCUT2D eigenvalue weighted by molar-refractivity contribution is 0.417. The van der Waals surface area contributed by atoms with Crippen LogP contribution in [0.4, 0.5) is 16.5 Å². The Bertz CT molecular complexity index is 1010. The quantitative estimate of drug-likeness (QED) is 0.635. The summed E-state index contributed by atoms with van der Waals surface area (Å²) < 4.78 is 30.4. The zero-order valence-electron chi connectivity index (χ0n) is 15.3. The molecule has 0 unspecified atom stereocenters. The van der Waals surface area contributed by atoms with Gasteiger partial charge >= 0.3 is 0 Å². The van der Waals surface area contributed by atoms with Crippen LogP contribution in [0.15, 0.2) is 53.9 Å². The summed E-state index contributed by atoms with van der Waals surface area (Å²) in [4.78, 5) is 4.61. The highest BCUT2D eigenvalue weighted by molar-refractivity contribution is 7.92. The number of ether oxygens (including phenoxy) is 1. The molecule has 3 rings (SSSR count). The zero-order chi connectivity index (χ0) is 19.4. The lowest BCUT2D eigenvalue weighted by Crippen LogP contribution is -2.29. The van der Waals surface area contributed by atoms with Crippen molar-refractivity contribution in [2.24, 2.45) is 0 Å². The molecular weight excluding hydrogens is 382 g/mol. The summed E-state index contributed by atoms with van der Waals surface area (Å²) in [7, 11) is -1.65. The molecule has 2 aromatic carbocycles. The number of hydrogen-bond donors (Lipinski definition) is 1. The van der Waals surface area contributed by atoms with E-state index in [1.807, 2.05) is 48.7 Å². The van der Waals surface area contributed by atoms with Crippen molar-refractivity contribution in [1.82, 2.24) is 4.98 Å². The van der Waals surface area contributed by atoms with Gasteiger partial charge in [0.2, 0.25) is 10.0 Å². The van der Waals surface area contributed by atoms with Crippen molar-refractivity contribution in [2.45, 2.75) is 6.92 Å². The Labute approximate surface area is 163 Å². The number of rotatable bonds is 7. The Morgan fingerprint density at radius 2 is 1.85 bits per heavy atom. The number of thiazole rings is 1. The van der Waals surface area contributed by atoms with Crippen molar-refractivity contribution in [2.75, 3.05) is 29.5 Å². The van der Waals surface area contributed by atoms with Gasteiger partial charge in [-0.3, -0.25) is 4.31 Å². The lowest BCUT2D eigenvalue weighted by Gasteiger charge is -2.20. The fourth-order valence-corrected chi connectivity index (χ4v) is 4.44. The highest BCUT2D eigenvalue weighted by atomic mass is 32.2. The second kappa shape index (κ2) is 7.98. The van der Waals surface area contributed by atoms with Gasteiger partial charge in [0.25, 0.3) is 0 Å². The normalized spacial score (nSPS) is 11.2. The molecule has 0 fully saturated rings. The molecule has 0 radical (unpaired) electrons. The Morgan fingerprint density at radius 1 is 1.15 bits per heavy atom. The molecule has 0 saturated heterocycles. The zero-order valence-corrected chi connectivity index (χ0v) is 17.0. The van der Waals surface area contributed by atoms with Crippen LogP contribution in [0.2, 0.25) is 0 Å². The maximum absolute atomic E-state index is 11.8. The van der Waals surface area contributed by atoms with Gasteiger partial charge in [0.15, 0.2) is 5.13 Å². The molecule has 6 nitrogen and oxygen atoms in total. The minimum atomic E-state index is -3.28. The van der Waals surface area contributed by atoms with Crippen LogP contribution in [-0.2, 0) is 10.0 Å². The summed E-state index contributed by atoms with van der Waals surface area (Å²) in [5, 5.41) is 5.98. The largest absolute Gasteiger partial charge is 0.495 e. The van der Waals surface area contributed by atoms with E-state index in [1.165, 1.54) is 21.9 Å². The minimum absolute atomic E-state index is 0.391. The van der Waals surface area contributed by atoms with Crippen LogP contribution in [0.5, 0.6) is 5.75 Å². The van der Waals surface area contributed by atoms with E-state index in [9.17, 15) is 8.42 Å². The number of nitrogens with zero attached hydrogens (tertiary/aromatic N) is 2. The Morgan fingerprint density at radius 3 is 2.48 bits per heavy atom. The number of benzene rings is 2. The van der Waals surface area contributed by atoms with E-state index < -0.39 is 10.0 Å². The van der Waals surface area contributed by atoms with E-state index in [-0.39, 0.29) is 0 Å². The van der Waals surface area contributed by atoms with Gasteiger partial charge in [0.1, 0.15) is 5.75 Å². The van der Waals surface area contributed by atoms with E-state index in [2.05, 4.69) is 10.3 Å². The third-order valence-corrected chi connectivity index (χ3v) is 6.02. The van der Waals surface area contributed by atoms with Gasteiger partial charge in [-0.05, 0) is 31.2 Å². The van der Waals surface area contributed by atoms with Crippen molar-refractivity contribution in [3.8, 4) is 17.0 Å². The fourth-order valence-electron chi connectivity index (χ4n) is 2.73. The van der Waals surface area contributed by atoms with E-state index in [1.54, 1.807) is 19.2 Å². The minimum Gasteiger partial charge on any atom is -0.495 e. The van der Waals surface area contributed by atoms with Gasteiger partial charge in [0.05, 0.1) is 30.4 Å². The maximum atomic E-state index is 11.8. The molecule has 0 aliphatic rings. The van der Waals surface area contributed by atoms with Crippen LogP contribution in [0, 0.1) is 0 Å². The Hall–Kier alpha value is -2.58. The Kier molecular flexibility index (Phi) is 5.67. The average molecular weight is 404 g/mol. The number of methoxy groups -OCH3 is 1. The molecule has 0 atom stereocenters. The number of anilines is 3. The molecule has 1 aromatic heterocycles. The van der Waals surface area contributed by atoms with E-state index in [0.717, 1.165) is 27.8 Å². The molecule has 1 heterocycles. The van der Waals surface area contributed by atoms with Crippen LogP contribution in [0.1, 0.15) is 6.92 Å². The fraction of sp³-hybridized carbons (Fsp3) is 0.211. The molecule has 27 heavy (non-hydrogen) atoms. The van der Waals surface area contributed by atoms with E-state index in [4.69, 9.17) is 4.74 Å². The van der Waals surface area contributed by atoms with Gasteiger partial charge in [-0.25, -0.2) is 13.4 Å². The summed E-state index contributed by atoms with van der Waals surface area (Å²) in [6.07, 6.45) is 1.21. The highest BCUT2D eigenvalue weighted by Gasteiger charge is 2.15. The summed E-state index contributed by atoms with van der Waals surface area (Å²) in [6, 6.07) is 15.0. The molecule has 3 aromatic rings. The first-order valence-corrected chi connectivity index (χ1v) is 11.1. The number of sulfonamides is 1. The van der Waals surface area contributed by atoms with Crippen LogP contribution in [-0.4, -0.2) is 33.3 Å². The molecule has 0 aliphatic heterocycles. The van der Waals surface area contributed by atoms with Crippen LogP contribution < -0.4 is 14.4 Å². The van der Waals surface area contributed by atoms with Gasteiger partial charge in [-0.2, -0.15) is 0 Å². The third-order valence-electron chi connectivity index (χ3n) is 3.99. The third kappa shape index (κ3) is 4.40. The molecule has 0 aliphatic carbocycles. The topological polar surface area (TPSA) is 71.5 Å². The smallest absolute Gasteiger partial charge is 0.232 e. The van der Waals surface area contributed by atoms with Crippen LogP contribution >= 0.6 is 11.3 Å². The summed E-state index contributed by atoms with van der Waals surface area (Å²) in [5.74, 6) is 0.749. The SMILES string of the molecule is CCN(c1ccc(-c2csc(Nc3ccccc3OC)n2)cc1)S(C)(=O)=O. The number of nitrogens with one attached hydrogen (secondary N) is 1. The number of hydrogen-bond acceptors (Lipinski definition) is 6. The van der Waals surface area contributed by atoms with E-state index in [0.29, 0.717) is 12.2 Å². The summed E-state index contributed by atoms with van der Waals surface area (Å²) >= 11 is 1.49. The molecule has 142 valence electrons.